The summed E-state index contributed by atoms with van der Waals surface area (Å²) in [7, 11) is 0. The van der Waals surface area contributed by atoms with E-state index in [1.807, 2.05) is 13.8 Å². The molecule has 0 radical (unpaired) electrons. The van der Waals surface area contributed by atoms with E-state index in [-0.39, 0.29) is 17.9 Å². The molecular formula is C14H24N2O3. The highest BCUT2D eigenvalue weighted by molar-refractivity contribution is 5.91. The van der Waals surface area contributed by atoms with Crippen LogP contribution in [-0.4, -0.2) is 47.6 Å². The molecule has 1 heterocycles. The number of likely N-dealkylation sites (N-methyl/N-ethyl adjacent to an activating group) is 1. The zero-order chi connectivity index (χ0) is 14.2. The van der Waals surface area contributed by atoms with Crippen LogP contribution in [0.15, 0.2) is 0 Å². The van der Waals surface area contributed by atoms with Crippen molar-refractivity contribution in [3.05, 3.63) is 0 Å². The number of aliphatic carboxylic acids is 1. The van der Waals surface area contributed by atoms with Gasteiger partial charge < -0.3 is 15.3 Å². The minimum atomic E-state index is -0.857. The third kappa shape index (κ3) is 2.76. The average molecular weight is 268 g/mol. The minimum absolute atomic E-state index is 0.0830. The van der Waals surface area contributed by atoms with Crippen molar-refractivity contribution in [2.45, 2.75) is 39.7 Å². The summed E-state index contributed by atoms with van der Waals surface area (Å²) in [6.45, 7) is 8.81. The quantitative estimate of drug-likeness (QED) is 0.796. The summed E-state index contributed by atoms with van der Waals surface area (Å²) in [6.07, 6.45) is 2.09. The highest BCUT2D eigenvalue weighted by Gasteiger charge is 2.66. The van der Waals surface area contributed by atoms with E-state index in [1.54, 1.807) is 0 Å². The molecule has 0 aromatic carbocycles. The number of rotatable bonds is 4. The Morgan fingerprint density at radius 3 is 2.58 bits per heavy atom. The maximum atomic E-state index is 12.2. The maximum absolute atomic E-state index is 12.2. The van der Waals surface area contributed by atoms with Gasteiger partial charge in [0.2, 0.25) is 5.91 Å². The van der Waals surface area contributed by atoms with Crippen molar-refractivity contribution in [2.24, 2.45) is 17.3 Å². The summed E-state index contributed by atoms with van der Waals surface area (Å²) in [5, 5.41) is 12.1. The molecule has 3 atom stereocenters. The van der Waals surface area contributed by atoms with Crippen LogP contribution in [0.1, 0.15) is 33.6 Å². The first-order valence-corrected chi connectivity index (χ1v) is 7.13. The number of amides is 1. The molecule has 0 aromatic rings. The molecule has 5 nitrogen and oxygen atoms in total. The van der Waals surface area contributed by atoms with Crippen LogP contribution in [0.4, 0.5) is 0 Å². The second-order valence-electron chi connectivity index (χ2n) is 6.36. The molecule has 0 bridgehead atoms. The van der Waals surface area contributed by atoms with Crippen LogP contribution in [0.3, 0.4) is 0 Å². The molecule has 2 rings (SSSR count). The van der Waals surface area contributed by atoms with Crippen LogP contribution < -0.4 is 5.32 Å². The number of carboxylic acids is 1. The number of hydrogen-bond donors (Lipinski definition) is 2. The molecule has 2 fully saturated rings. The molecule has 1 aliphatic carbocycles. The van der Waals surface area contributed by atoms with Crippen molar-refractivity contribution in [2.75, 3.05) is 19.6 Å². The molecule has 108 valence electrons. The first-order chi connectivity index (χ1) is 8.87. The molecule has 1 amide bonds. The molecule has 1 saturated carbocycles. The molecule has 0 aromatic heterocycles. The standard InChI is InChI=1S/C14H24N2O3/c1-4-16-7-5-6-9(8-16)15-12(17)10-11(13(18)19)14(10,2)3/h9-11H,4-8H2,1-3H3,(H,15,17)(H,18,19). The van der Waals surface area contributed by atoms with Gasteiger partial charge in [0.15, 0.2) is 0 Å². The Labute approximate surface area is 114 Å². The Bertz CT molecular complexity index is 381. The van der Waals surface area contributed by atoms with Gasteiger partial charge >= 0.3 is 5.97 Å². The Morgan fingerprint density at radius 2 is 2.05 bits per heavy atom. The van der Waals surface area contributed by atoms with Crippen molar-refractivity contribution in [3.63, 3.8) is 0 Å². The van der Waals surface area contributed by atoms with Gasteiger partial charge in [-0.25, -0.2) is 0 Å². The Hall–Kier alpha value is -1.10. The van der Waals surface area contributed by atoms with E-state index >= 15 is 0 Å². The zero-order valence-corrected chi connectivity index (χ0v) is 12.0. The van der Waals surface area contributed by atoms with E-state index in [4.69, 9.17) is 5.11 Å². The smallest absolute Gasteiger partial charge is 0.307 e. The van der Waals surface area contributed by atoms with Gasteiger partial charge in [-0.2, -0.15) is 0 Å². The van der Waals surface area contributed by atoms with Crippen molar-refractivity contribution in [1.29, 1.82) is 0 Å². The normalized spacial score (nSPS) is 33.7. The minimum Gasteiger partial charge on any atom is -0.481 e. The molecule has 0 spiro atoms. The molecule has 1 aliphatic heterocycles. The third-order valence-corrected chi connectivity index (χ3v) is 4.67. The van der Waals surface area contributed by atoms with Crippen molar-refractivity contribution >= 4 is 11.9 Å². The number of carbonyl (C=O) groups is 2. The van der Waals surface area contributed by atoms with Crippen molar-refractivity contribution in [1.82, 2.24) is 10.2 Å². The highest BCUT2D eigenvalue weighted by atomic mass is 16.4. The first-order valence-electron chi connectivity index (χ1n) is 7.13. The van der Waals surface area contributed by atoms with Crippen LogP contribution in [-0.2, 0) is 9.59 Å². The third-order valence-electron chi connectivity index (χ3n) is 4.67. The van der Waals surface area contributed by atoms with Crippen LogP contribution in [0.5, 0.6) is 0 Å². The topological polar surface area (TPSA) is 69.6 Å². The van der Waals surface area contributed by atoms with Gasteiger partial charge in [0.1, 0.15) is 0 Å². The lowest BCUT2D eigenvalue weighted by molar-refractivity contribution is -0.140. The Balaban J connectivity index is 1.90. The van der Waals surface area contributed by atoms with Gasteiger partial charge in [0.25, 0.3) is 0 Å². The lowest BCUT2D eigenvalue weighted by Gasteiger charge is -2.32. The molecular weight excluding hydrogens is 244 g/mol. The van der Waals surface area contributed by atoms with Crippen LogP contribution in [0, 0.1) is 17.3 Å². The van der Waals surface area contributed by atoms with Gasteiger partial charge in [-0.05, 0) is 31.3 Å². The van der Waals surface area contributed by atoms with E-state index < -0.39 is 17.3 Å². The lowest BCUT2D eigenvalue weighted by atomic mass is 10.0. The summed E-state index contributed by atoms with van der Waals surface area (Å²) in [4.78, 5) is 25.6. The van der Waals surface area contributed by atoms with Crippen LogP contribution in [0.2, 0.25) is 0 Å². The summed E-state index contributed by atoms with van der Waals surface area (Å²) < 4.78 is 0. The number of piperidine rings is 1. The summed E-state index contributed by atoms with van der Waals surface area (Å²) in [5.74, 6) is -1.84. The van der Waals surface area contributed by atoms with Gasteiger partial charge in [-0.3, -0.25) is 9.59 Å². The number of hydrogen-bond acceptors (Lipinski definition) is 3. The second-order valence-corrected chi connectivity index (χ2v) is 6.36. The molecule has 1 saturated heterocycles. The Morgan fingerprint density at radius 1 is 1.37 bits per heavy atom. The fourth-order valence-electron chi connectivity index (χ4n) is 3.34. The van der Waals surface area contributed by atoms with E-state index in [9.17, 15) is 9.59 Å². The number of carbonyl (C=O) groups excluding carboxylic acids is 1. The molecule has 3 unspecified atom stereocenters. The fraction of sp³-hybridized carbons (Fsp3) is 0.857. The summed E-state index contributed by atoms with van der Waals surface area (Å²) in [5.41, 5.74) is -0.408. The predicted molar refractivity (Wildman–Crippen MR) is 71.7 cm³/mol. The van der Waals surface area contributed by atoms with E-state index in [2.05, 4.69) is 17.1 Å². The summed E-state index contributed by atoms with van der Waals surface area (Å²) in [6, 6.07) is 0.173. The fourth-order valence-corrected chi connectivity index (χ4v) is 3.34. The lowest BCUT2D eigenvalue weighted by Crippen LogP contribution is -2.48. The van der Waals surface area contributed by atoms with Gasteiger partial charge in [-0.1, -0.05) is 20.8 Å². The molecule has 2 N–H and O–H groups in total. The van der Waals surface area contributed by atoms with E-state index in [1.165, 1.54) is 0 Å². The zero-order valence-electron chi connectivity index (χ0n) is 12.0. The second kappa shape index (κ2) is 5.12. The number of nitrogens with zero attached hydrogens (tertiary/aromatic N) is 1. The van der Waals surface area contributed by atoms with Gasteiger partial charge in [0.05, 0.1) is 11.8 Å². The van der Waals surface area contributed by atoms with E-state index in [0.29, 0.717) is 0 Å². The number of nitrogens with one attached hydrogen (secondary N) is 1. The van der Waals surface area contributed by atoms with Gasteiger partial charge in [0, 0.05) is 12.6 Å². The largest absolute Gasteiger partial charge is 0.481 e. The SMILES string of the molecule is CCN1CCCC(NC(=O)C2C(C(=O)O)C2(C)C)C1. The monoisotopic (exact) mass is 268 g/mol. The summed E-state index contributed by atoms with van der Waals surface area (Å²) >= 11 is 0. The average Bonchev–Trinajstić information content (AvgIpc) is 2.93. The van der Waals surface area contributed by atoms with Crippen LogP contribution in [0.25, 0.3) is 0 Å². The highest BCUT2D eigenvalue weighted by Crippen LogP contribution is 2.58. The van der Waals surface area contributed by atoms with Crippen molar-refractivity contribution in [3.8, 4) is 0 Å². The Kier molecular flexibility index (Phi) is 3.85. The van der Waals surface area contributed by atoms with Crippen LogP contribution >= 0.6 is 0 Å². The van der Waals surface area contributed by atoms with Gasteiger partial charge in [-0.15, -0.1) is 0 Å². The van der Waals surface area contributed by atoms with E-state index in [0.717, 1.165) is 32.5 Å². The maximum Gasteiger partial charge on any atom is 0.307 e. The number of carboxylic acid groups (broad SMARTS) is 1. The number of likely N-dealkylation sites (tertiary alicyclic amines) is 1. The molecule has 2 aliphatic rings. The van der Waals surface area contributed by atoms with Crippen molar-refractivity contribution < 1.29 is 14.7 Å². The first kappa shape index (κ1) is 14.3. The molecule has 5 heteroatoms. The molecule has 19 heavy (non-hydrogen) atoms. The predicted octanol–water partition coefficient (Wildman–Crippen LogP) is 0.944.